The summed E-state index contributed by atoms with van der Waals surface area (Å²) in [5, 5.41) is 8.70. The van der Waals surface area contributed by atoms with Crippen molar-refractivity contribution in [2.45, 2.75) is 25.3 Å². The quantitative estimate of drug-likeness (QED) is 0.561. The summed E-state index contributed by atoms with van der Waals surface area (Å²) in [4.78, 5) is 10.6. The van der Waals surface area contributed by atoms with Crippen molar-refractivity contribution in [1.82, 2.24) is 0 Å². The molecule has 100 valence electrons. The summed E-state index contributed by atoms with van der Waals surface area (Å²) in [6, 6.07) is 6.45. The highest BCUT2D eigenvalue weighted by atomic mass is 35.5. The summed E-state index contributed by atoms with van der Waals surface area (Å²) in [5.74, 6) is 0.434. The van der Waals surface area contributed by atoms with Gasteiger partial charge < -0.3 is 15.6 Å². The lowest BCUT2D eigenvalue weighted by Gasteiger charge is -2.08. The normalized spacial score (nSPS) is 12.1. The van der Waals surface area contributed by atoms with Crippen LogP contribution in [0.25, 0.3) is 0 Å². The van der Waals surface area contributed by atoms with E-state index in [-0.39, 0.29) is 0 Å². The van der Waals surface area contributed by atoms with Crippen LogP contribution in [0, 0.1) is 0 Å². The van der Waals surface area contributed by atoms with Crippen molar-refractivity contribution in [1.29, 1.82) is 0 Å². The Hall–Kier alpha value is -1.26. The molecule has 0 aliphatic rings. The molecule has 1 aromatic carbocycles. The van der Waals surface area contributed by atoms with Gasteiger partial charge in [-0.05, 0) is 37.0 Å². The van der Waals surface area contributed by atoms with E-state index in [9.17, 15) is 4.79 Å². The molecule has 0 heterocycles. The third kappa shape index (κ3) is 5.38. The summed E-state index contributed by atoms with van der Waals surface area (Å²) in [6.45, 7) is 0.640. The van der Waals surface area contributed by atoms with Crippen molar-refractivity contribution in [3.63, 3.8) is 0 Å². The Morgan fingerprint density at radius 3 is 2.56 bits per heavy atom. The Kier molecular flexibility index (Phi) is 6.54. The van der Waals surface area contributed by atoms with Gasteiger partial charge >= 0.3 is 5.97 Å². The Morgan fingerprint density at radius 2 is 2.00 bits per heavy atom. The summed E-state index contributed by atoms with van der Waals surface area (Å²) in [6.07, 6.45) is 2.18. The van der Waals surface area contributed by atoms with E-state index in [0.29, 0.717) is 18.9 Å². The molecule has 1 unspecified atom stereocenters. The van der Waals surface area contributed by atoms with Crippen molar-refractivity contribution in [3.05, 3.63) is 29.8 Å². The van der Waals surface area contributed by atoms with Crippen LogP contribution < -0.4 is 10.5 Å². The van der Waals surface area contributed by atoms with Crippen LogP contribution >= 0.6 is 11.6 Å². The van der Waals surface area contributed by atoms with Gasteiger partial charge in [0.25, 0.3) is 0 Å². The first-order valence-electron chi connectivity index (χ1n) is 5.89. The maximum absolute atomic E-state index is 10.6. The van der Waals surface area contributed by atoms with Gasteiger partial charge in [0.15, 0.2) is 0 Å². The van der Waals surface area contributed by atoms with Crippen LogP contribution in [0.15, 0.2) is 24.3 Å². The smallest absolute Gasteiger partial charge is 0.320 e. The van der Waals surface area contributed by atoms with Crippen LogP contribution in [0.1, 0.15) is 18.4 Å². The largest absolute Gasteiger partial charge is 0.494 e. The average molecular weight is 272 g/mol. The first-order valence-corrected chi connectivity index (χ1v) is 6.43. The lowest BCUT2D eigenvalue weighted by molar-refractivity contribution is -0.138. The number of halogens is 1. The fourth-order valence-corrected chi connectivity index (χ4v) is 1.64. The van der Waals surface area contributed by atoms with Crippen molar-refractivity contribution in [2.24, 2.45) is 5.73 Å². The standard InChI is InChI=1S/C13H18ClNO3/c14-7-1-2-8-18-11-5-3-10(4-6-11)9-12(15)13(16)17/h3-6,12H,1-2,7-9,15H2,(H,16,17). The van der Waals surface area contributed by atoms with Gasteiger partial charge in [-0.15, -0.1) is 11.6 Å². The van der Waals surface area contributed by atoms with E-state index in [0.717, 1.165) is 24.2 Å². The molecular formula is C13H18ClNO3. The summed E-state index contributed by atoms with van der Waals surface area (Å²) < 4.78 is 5.51. The minimum Gasteiger partial charge on any atom is -0.494 e. The number of rotatable bonds is 8. The Bertz CT molecular complexity index is 367. The first kappa shape index (κ1) is 14.8. The number of carboxylic acids is 1. The molecular weight excluding hydrogens is 254 g/mol. The topological polar surface area (TPSA) is 72.5 Å². The molecule has 1 atom stereocenters. The third-order valence-corrected chi connectivity index (χ3v) is 2.76. The average Bonchev–Trinajstić information content (AvgIpc) is 2.36. The Morgan fingerprint density at radius 1 is 1.33 bits per heavy atom. The zero-order valence-electron chi connectivity index (χ0n) is 10.1. The van der Waals surface area contributed by atoms with Gasteiger partial charge in [-0.1, -0.05) is 12.1 Å². The number of hydrogen-bond donors (Lipinski definition) is 2. The summed E-state index contributed by atoms with van der Waals surface area (Å²) in [5.41, 5.74) is 6.34. The number of nitrogens with two attached hydrogens (primary N) is 1. The predicted octanol–water partition coefficient (Wildman–Crippen LogP) is 2.04. The van der Waals surface area contributed by atoms with Crippen LogP contribution in [-0.2, 0) is 11.2 Å². The number of aliphatic carboxylic acids is 1. The molecule has 4 nitrogen and oxygen atoms in total. The Labute approximate surface area is 112 Å². The first-order chi connectivity index (χ1) is 8.63. The van der Waals surface area contributed by atoms with Gasteiger partial charge in [-0.2, -0.15) is 0 Å². The van der Waals surface area contributed by atoms with E-state index >= 15 is 0 Å². The second kappa shape index (κ2) is 7.95. The second-order valence-electron chi connectivity index (χ2n) is 4.04. The molecule has 5 heteroatoms. The van der Waals surface area contributed by atoms with E-state index < -0.39 is 12.0 Å². The van der Waals surface area contributed by atoms with Crippen LogP contribution in [-0.4, -0.2) is 29.6 Å². The zero-order chi connectivity index (χ0) is 13.4. The van der Waals surface area contributed by atoms with Crippen LogP contribution in [0.2, 0.25) is 0 Å². The number of unbranched alkanes of at least 4 members (excludes halogenated alkanes) is 1. The molecule has 3 N–H and O–H groups in total. The van der Waals surface area contributed by atoms with E-state index in [1.54, 1.807) is 0 Å². The van der Waals surface area contributed by atoms with E-state index in [2.05, 4.69) is 0 Å². The van der Waals surface area contributed by atoms with Crippen molar-refractivity contribution in [3.8, 4) is 5.75 Å². The van der Waals surface area contributed by atoms with Crippen molar-refractivity contribution >= 4 is 17.6 Å². The van der Waals surface area contributed by atoms with E-state index in [1.807, 2.05) is 24.3 Å². The molecule has 0 aromatic heterocycles. The number of benzene rings is 1. The zero-order valence-corrected chi connectivity index (χ0v) is 10.9. The van der Waals surface area contributed by atoms with Gasteiger partial charge in [-0.25, -0.2) is 0 Å². The third-order valence-electron chi connectivity index (χ3n) is 2.49. The molecule has 0 aliphatic carbocycles. The maximum Gasteiger partial charge on any atom is 0.320 e. The molecule has 1 aromatic rings. The fraction of sp³-hybridized carbons (Fsp3) is 0.462. The number of hydrogen-bond acceptors (Lipinski definition) is 3. The highest BCUT2D eigenvalue weighted by molar-refractivity contribution is 6.17. The minimum atomic E-state index is -0.989. The minimum absolute atomic E-state index is 0.321. The van der Waals surface area contributed by atoms with Gasteiger partial charge in [0.05, 0.1) is 6.61 Å². The lowest BCUT2D eigenvalue weighted by Crippen LogP contribution is -2.32. The fourth-order valence-electron chi connectivity index (χ4n) is 1.45. The molecule has 0 spiro atoms. The van der Waals surface area contributed by atoms with Gasteiger partial charge in [0.2, 0.25) is 0 Å². The molecule has 0 saturated heterocycles. The molecule has 0 fully saturated rings. The molecule has 18 heavy (non-hydrogen) atoms. The van der Waals surface area contributed by atoms with E-state index in [1.165, 1.54) is 0 Å². The van der Waals surface area contributed by atoms with E-state index in [4.69, 9.17) is 27.2 Å². The lowest BCUT2D eigenvalue weighted by atomic mass is 10.1. The predicted molar refractivity (Wildman–Crippen MR) is 71.2 cm³/mol. The van der Waals surface area contributed by atoms with Gasteiger partial charge in [-0.3, -0.25) is 4.79 Å². The van der Waals surface area contributed by atoms with Crippen molar-refractivity contribution < 1.29 is 14.6 Å². The number of alkyl halides is 1. The molecule has 0 radical (unpaired) electrons. The number of carbonyl (C=O) groups is 1. The molecule has 1 rings (SSSR count). The van der Waals surface area contributed by atoms with Crippen LogP contribution in [0.3, 0.4) is 0 Å². The second-order valence-corrected chi connectivity index (χ2v) is 4.42. The van der Waals surface area contributed by atoms with Gasteiger partial charge in [0.1, 0.15) is 11.8 Å². The molecule has 0 bridgehead atoms. The number of ether oxygens (including phenoxy) is 1. The Balaban J connectivity index is 2.40. The highest BCUT2D eigenvalue weighted by Gasteiger charge is 2.11. The SMILES string of the molecule is NC(Cc1ccc(OCCCCCl)cc1)C(=O)O. The molecule has 0 amide bonds. The van der Waals surface area contributed by atoms with Crippen LogP contribution in [0.4, 0.5) is 0 Å². The van der Waals surface area contributed by atoms with Crippen molar-refractivity contribution in [2.75, 3.05) is 12.5 Å². The van der Waals surface area contributed by atoms with Crippen LogP contribution in [0.5, 0.6) is 5.75 Å². The summed E-state index contributed by atoms with van der Waals surface area (Å²) >= 11 is 5.56. The van der Waals surface area contributed by atoms with Gasteiger partial charge in [0, 0.05) is 5.88 Å². The highest BCUT2D eigenvalue weighted by Crippen LogP contribution is 2.13. The maximum atomic E-state index is 10.6. The number of carboxylic acid groups (broad SMARTS) is 1. The summed E-state index contributed by atoms with van der Waals surface area (Å²) in [7, 11) is 0. The molecule has 0 saturated carbocycles. The monoisotopic (exact) mass is 271 g/mol. The molecule has 0 aliphatic heterocycles.